The number of unbranched alkanes of at least 4 members (excludes halogenated alkanes) is 25. The first-order chi connectivity index (χ1) is 24.4. The molecule has 1 aliphatic heterocycles. The van der Waals surface area contributed by atoms with Crippen molar-refractivity contribution in [3.63, 3.8) is 0 Å². The van der Waals surface area contributed by atoms with E-state index in [0.29, 0.717) is 19.4 Å². The van der Waals surface area contributed by atoms with Crippen LogP contribution < -0.4 is 5.32 Å². The normalized spacial score (nSPS) is 20.6. The summed E-state index contributed by atoms with van der Waals surface area (Å²) < 4.78 is 6.18. The van der Waals surface area contributed by atoms with Crippen LogP contribution in [0.25, 0.3) is 0 Å². The number of carbonyl (C=O) groups is 2. The van der Waals surface area contributed by atoms with Crippen molar-refractivity contribution < 1.29 is 29.6 Å². The van der Waals surface area contributed by atoms with Gasteiger partial charge >= 0.3 is 0 Å². The third-order valence-corrected chi connectivity index (χ3v) is 10.6. The zero-order chi connectivity index (χ0) is 36.7. The summed E-state index contributed by atoms with van der Waals surface area (Å²) in [5.41, 5.74) is 0. The zero-order valence-corrected chi connectivity index (χ0v) is 33.0. The summed E-state index contributed by atoms with van der Waals surface area (Å²) in [5.74, 6) is -0.252. The Bertz CT molecular complexity index is 798. The van der Waals surface area contributed by atoms with Gasteiger partial charge in [0.15, 0.2) is 6.23 Å². The van der Waals surface area contributed by atoms with E-state index >= 15 is 0 Å². The van der Waals surface area contributed by atoms with Crippen molar-refractivity contribution in [1.29, 1.82) is 0 Å². The second-order valence-corrected chi connectivity index (χ2v) is 15.2. The van der Waals surface area contributed by atoms with E-state index < -0.39 is 37.2 Å². The molecule has 0 aromatic rings. The van der Waals surface area contributed by atoms with Crippen LogP contribution in [0, 0.1) is 0 Å². The number of aliphatic hydroxyl groups is 3. The SMILES string of the molecule is CCCCCCCCCCCCN(C(=O)CCCCCCCCCCC)[C@@H]1O[C@H](CO)[C@@H](O)[C@H](O)[C@@H]1NC(=O)CCCCCCCCCCC. The van der Waals surface area contributed by atoms with Crippen molar-refractivity contribution in [3.05, 3.63) is 0 Å². The second-order valence-electron chi connectivity index (χ2n) is 15.2. The summed E-state index contributed by atoms with van der Waals surface area (Å²) in [6.45, 7) is 6.68. The molecule has 0 radical (unpaired) electrons. The molecule has 1 fully saturated rings. The van der Waals surface area contributed by atoms with Crippen molar-refractivity contribution in [1.82, 2.24) is 10.2 Å². The highest BCUT2D eigenvalue weighted by molar-refractivity contribution is 5.78. The molecule has 2 amide bonds. The van der Waals surface area contributed by atoms with Crippen LogP contribution in [0.1, 0.15) is 213 Å². The van der Waals surface area contributed by atoms with E-state index in [4.69, 9.17) is 4.74 Å². The third-order valence-electron chi connectivity index (χ3n) is 10.6. The van der Waals surface area contributed by atoms with Gasteiger partial charge in [0.25, 0.3) is 0 Å². The fraction of sp³-hybridized carbons (Fsp3) is 0.952. The largest absolute Gasteiger partial charge is 0.394 e. The van der Waals surface area contributed by atoms with Crippen LogP contribution >= 0.6 is 0 Å². The topological polar surface area (TPSA) is 119 Å². The lowest BCUT2D eigenvalue weighted by Gasteiger charge is -2.47. The van der Waals surface area contributed by atoms with Gasteiger partial charge in [0, 0.05) is 19.4 Å². The molecule has 0 unspecified atom stereocenters. The standard InChI is InChI=1S/C42H82N2O6/c1-4-7-10-13-16-19-22-25-28-31-34-44(38(47)33-30-27-24-21-18-15-12-9-6-3)42-39(41(49)40(48)36(35-45)50-42)43-37(46)32-29-26-23-20-17-14-11-8-5-2/h36,39-42,45,48-49H,4-35H2,1-3H3,(H,43,46)/t36-,39+,40-,41-,42-/m1/s1. The molecule has 1 aliphatic rings. The summed E-state index contributed by atoms with van der Waals surface area (Å²) in [6.07, 6.45) is 28.7. The van der Waals surface area contributed by atoms with Crippen LogP contribution in [0.5, 0.6) is 0 Å². The number of nitrogens with one attached hydrogen (secondary N) is 1. The van der Waals surface area contributed by atoms with Crippen LogP contribution in [0.2, 0.25) is 0 Å². The highest BCUT2D eigenvalue weighted by Crippen LogP contribution is 2.26. The van der Waals surface area contributed by atoms with E-state index in [1.54, 1.807) is 4.90 Å². The molecule has 1 rings (SSSR count). The first kappa shape index (κ1) is 46.8. The fourth-order valence-corrected chi connectivity index (χ4v) is 7.27. The van der Waals surface area contributed by atoms with Crippen LogP contribution in [0.15, 0.2) is 0 Å². The Labute approximate surface area is 308 Å². The Kier molecular flexibility index (Phi) is 30.4. The first-order valence-corrected chi connectivity index (χ1v) is 21.6. The van der Waals surface area contributed by atoms with Gasteiger partial charge in [0.05, 0.1) is 6.61 Å². The van der Waals surface area contributed by atoms with Crippen molar-refractivity contribution in [2.24, 2.45) is 0 Å². The maximum atomic E-state index is 13.8. The minimum Gasteiger partial charge on any atom is -0.394 e. The summed E-state index contributed by atoms with van der Waals surface area (Å²) in [5, 5.41) is 34.9. The van der Waals surface area contributed by atoms with E-state index in [0.717, 1.165) is 57.8 Å². The Hall–Kier alpha value is -1.22. The molecule has 4 N–H and O–H groups in total. The monoisotopic (exact) mass is 711 g/mol. The van der Waals surface area contributed by atoms with E-state index in [1.165, 1.54) is 122 Å². The lowest BCUT2D eigenvalue weighted by molar-refractivity contribution is -0.231. The Morgan fingerprint density at radius 2 is 0.920 bits per heavy atom. The average Bonchev–Trinajstić information content (AvgIpc) is 3.11. The van der Waals surface area contributed by atoms with Gasteiger partial charge in [0.2, 0.25) is 11.8 Å². The summed E-state index contributed by atoms with van der Waals surface area (Å²) in [4.78, 5) is 28.7. The van der Waals surface area contributed by atoms with Gasteiger partial charge in [-0.25, -0.2) is 0 Å². The van der Waals surface area contributed by atoms with E-state index in [1.807, 2.05) is 0 Å². The van der Waals surface area contributed by atoms with Crippen LogP contribution in [-0.2, 0) is 14.3 Å². The first-order valence-electron chi connectivity index (χ1n) is 21.6. The molecule has 50 heavy (non-hydrogen) atoms. The number of carbonyl (C=O) groups excluding carboxylic acids is 2. The minimum absolute atomic E-state index is 0.0488. The number of hydrogen-bond acceptors (Lipinski definition) is 6. The zero-order valence-electron chi connectivity index (χ0n) is 33.0. The molecular formula is C42H82N2O6. The maximum absolute atomic E-state index is 13.8. The highest BCUT2D eigenvalue weighted by Gasteiger charge is 2.48. The quantitative estimate of drug-likeness (QED) is 0.0494. The molecule has 0 spiro atoms. The van der Waals surface area contributed by atoms with Crippen LogP contribution in [-0.4, -0.2) is 75.8 Å². The van der Waals surface area contributed by atoms with Crippen molar-refractivity contribution in [2.45, 2.75) is 244 Å². The van der Waals surface area contributed by atoms with Crippen molar-refractivity contribution in [3.8, 4) is 0 Å². The number of aliphatic hydroxyl groups excluding tert-OH is 3. The van der Waals surface area contributed by atoms with Gasteiger partial charge < -0.3 is 30.3 Å². The molecule has 8 nitrogen and oxygen atoms in total. The number of amides is 2. The molecule has 296 valence electrons. The molecular weight excluding hydrogens is 628 g/mol. The lowest BCUT2D eigenvalue weighted by atomic mass is 9.94. The van der Waals surface area contributed by atoms with E-state index in [9.17, 15) is 24.9 Å². The van der Waals surface area contributed by atoms with Gasteiger partial charge in [-0.05, 0) is 19.3 Å². The van der Waals surface area contributed by atoms with Gasteiger partial charge in [0.1, 0.15) is 24.4 Å². The molecule has 8 heteroatoms. The predicted octanol–water partition coefficient (Wildman–Crippen LogP) is 9.50. The molecule has 0 saturated carbocycles. The van der Waals surface area contributed by atoms with Gasteiger partial charge in [-0.15, -0.1) is 0 Å². The predicted molar refractivity (Wildman–Crippen MR) is 207 cm³/mol. The molecule has 1 heterocycles. The lowest BCUT2D eigenvalue weighted by Crippen LogP contribution is -2.68. The van der Waals surface area contributed by atoms with Crippen molar-refractivity contribution in [2.75, 3.05) is 13.2 Å². The van der Waals surface area contributed by atoms with Crippen LogP contribution in [0.4, 0.5) is 0 Å². The fourth-order valence-electron chi connectivity index (χ4n) is 7.27. The summed E-state index contributed by atoms with van der Waals surface area (Å²) in [6, 6.07) is -0.964. The highest BCUT2D eigenvalue weighted by atomic mass is 16.5. The molecule has 0 aromatic heterocycles. The Balaban J connectivity index is 2.80. The smallest absolute Gasteiger partial charge is 0.224 e. The van der Waals surface area contributed by atoms with E-state index in [2.05, 4.69) is 26.1 Å². The molecule has 0 aromatic carbocycles. The Morgan fingerprint density at radius 3 is 1.34 bits per heavy atom. The van der Waals surface area contributed by atoms with Crippen molar-refractivity contribution >= 4 is 11.8 Å². The summed E-state index contributed by atoms with van der Waals surface area (Å²) in [7, 11) is 0. The molecule has 0 aliphatic carbocycles. The average molecular weight is 711 g/mol. The summed E-state index contributed by atoms with van der Waals surface area (Å²) >= 11 is 0. The Morgan fingerprint density at radius 1 is 0.540 bits per heavy atom. The molecule has 0 bridgehead atoms. The second kappa shape index (κ2) is 32.4. The number of ether oxygens (including phenoxy) is 1. The van der Waals surface area contributed by atoms with Gasteiger partial charge in [-0.1, -0.05) is 181 Å². The number of nitrogens with zero attached hydrogens (tertiary/aromatic N) is 1. The third kappa shape index (κ3) is 22.0. The molecule has 5 atom stereocenters. The van der Waals surface area contributed by atoms with E-state index in [-0.39, 0.29) is 11.8 Å². The van der Waals surface area contributed by atoms with Gasteiger partial charge in [-0.3, -0.25) is 9.59 Å². The van der Waals surface area contributed by atoms with Gasteiger partial charge in [-0.2, -0.15) is 0 Å². The number of rotatable bonds is 34. The number of hydrogen-bond donors (Lipinski definition) is 4. The minimum atomic E-state index is -1.36. The van der Waals surface area contributed by atoms with Crippen LogP contribution in [0.3, 0.4) is 0 Å². The maximum Gasteiger partial charge on any atom is 0.224 e. The molecule has 1 saturated heterocycles.